The fourth-order valence-corrected chi connectivity index (χ4v) is 3.11. The van der Waals surface area contributed by atoms with E-state index in [1.807, 2.05) is 18.2 Å². The Kier molecular flexibility index (Phi) is 4.21. The van der Waals surface area contributed by atoms with Crippen molar-refractivity contribution in [1.82, 2.24) is 9.97 Å². The average molecular weight is 348 g/mol. The molecule has 4 rings (SSSR count). The van der Waals surface area contributed by atoms with E-state index in [0.29, 0.717) is 29.2 Å². The van der Waals surface area contributed by atoms with Crippen LogP contribution in [0.15, 0.2) is 55.0 Å². The summed E-state index contributed by atoms with van der Waals surface area (Å²) in [6.07, 6.45) is 7.08. The standard InChI is InChI=1S/C21H17FN2O2/c22-19-12-23-8-7-17(19)20-6-1-13(11-24-20)9-16-5-4-15(14-2-3-14)10-18(16)21(25)26/h1,4-8,10-12,14H,2-3,9H2,(H,25,26). The molecule has 0 spiro atoms. The molecule has 1 N–H and O–H groups in total. The van der Waals surface area contributed by atoms with Crippen LogP contribution in [-0.4, -0.2) is 21.0 Å². The molecule has 0 radical (unpaired) electrons. The Bertz CT molecular complexity index is 966. The van der Waals surface area contributed by atoms with Gasteiger partial charge in [0, 0.05) is 18.0 Å². The quantitative estimate of drug-likeness (QED) is 0.740. The second-order valence-corrected chi connectivity index (χ2v) is 6.58. The van der Waals surface area contributed by atoms with E-state index in [-0.39, 0.29) is 0 Å². The molecule has 1 aromatic carbocycles. The zero-order valence-electron chi connectivity index (χ0n) is 14.0. The summed E-state index contributed by atoms with van der Waals surface area (Å²) in [5.74, 6) is -0.819. The van der Waals surface area contributed by atoms with Crippen molar-refractivity contribution in [2.45, 2.75) is 25.2 Å². The van der Waals surface area contributed by atoms with Crippen molar-refractivity contribution in [1.29, 1.82) is 0 Å². The summed E-state index contributed by atoms with van der Waals surface area (Å²) in [5.41, 5.74) is 4.01. The Labute approximate surface area is 150 Å². The predicted molar refractivity (Wildman–Crippen MR) is 95.6 cm³/mol. The van der Waals surface area contributed by atoms with Crippen LogP contribution >= 0.6 is 0 Å². The molecule has 1 fully saturated rings. The molecule has 130 valence electrons. The monoisotopic (exact) mass is 348 g/mol. The van der Waals surface area contributed by atoms with Gasteiger partial charge in [-0.05, 0) is 60.1 Å². The van der Waals surface area contributed by atoms with Crippen molar-refractivity contribution < 1.29 is 14.3 Å². The first kappa shape index (κ1) is 16.4. The normalized spacial score (nSPS) is 13.6. The number of pyridine rings is 2. The van der Waals surface area contributed by atoms with Gasteiger partial charge in [0.2, 0.25) is 0 Å². The van der Waals surface area contributed by atoms with E-state index in [2.05, 4.69) is 9.97 Å². The number of carbonyl (C=O) groups is 1. The lowest BCUT2D eigenvalue weighted by Crippen LogP contribution is -2.04. The third-order valence-electron chi connectivity index (χ3n) is 4.68. The van der Waals surface area contributed by atoms with Gasteiger partial charge in [-0.25, -0.2) is 9.18 Å². The molecule has 1 aliphatic carbocycles. The molecular weight excluding hydrogens is 331 g/mol. The molecule has 0 unspecified atom stereocenters. The number of rotatable bonds is 5. The average Bonchev–Trinajstić information content (AvgIpc) is 3.48. The molecule has 0 amide bonds. The first-order valence-corrected chi connectivity index (χ1v) is 8.53. The number of benzene rings is 1. The Morgan fingerprint density at radius 1 is 1.15 bits per heavy atom. The molecule has 3 aromatic rings. The summed E-state index contributed by atoms with van der Waals surface area (Å²) in [4.78, 5) is 19.7. The van der Waals surface area contributed by atoms with Gasteiger partial charge < -0.3 is 5.11 Å². The van der Waals surface area contributed by atoms with Crippen molar-refractivity contribution in [3.8, 4) is 11.3 Å². The first-order valence-electron chi connectivity index (χ1n) is 8.53. The Hall–Kier alpha value is -3.08. The smallest absolute Gasteiger partial charge is 0.335 e. The maximum Gasteiger partial charge on any atom is 0.335 e. The molecule has 0 atom stereocenters. The molecule has 1 aliphatic rings. The van der Waals surface area contributed by atoms with E-state index in [4.69, 9.17) is 0 Å². The third kappa shape index (κ3) is 3.33. The van der Waals surface area contributed by atoms with E-state index in [0.717, 1.165) is 35.7 Å². The number of carboxylic acid groups (broad SMARTS) is 1. The zero-order valence-corrected chi connectivity index (χ0v) is 14.0. The van der Waals surface area contributed by atoms with Gasteiger partial charge >= 0.3 is 5.97 Å². The Morgan fingerprint density at radius 3 is 2.65 bits per heavy atom. The number of nitrogens with zero attached hydrogens (tertiary/aromatic N) is 2. The minimum atomic E-state index is -0.911. The molecule has 2 heterocycles. The maximum atomic E-state index is 13.8. The van der Waals surface area contributed by atoms with Crippen molar-refractivity contribution in [3.63, 3.8) is 0 Å². The van der Waals surface area contributed by atoms with E-state index < -0.39 is 11.8 Å². The Morgan fingerprint density at radius 2 is 2.00 bits per heavy atom. The lowest BCUT2D eigenvalue weighted by molar-refractivity contribution is 0.0695. The van der Waals surface area contributed by atoms with Gasteiger partial charge in [-0.15, -0.1) is 0 Å². The van der Waals surface area contributed by atoms with E-state index in [9.17, 15) is 14.3 Å². The number of halogens is 1. The van der Waals surface area contributed by atoms with Crippen LogP contribution in [0.2, 0.25) is 0 Å². The third-order valence-corrected chi connectivity index (χ3v) is 4.68. The molecule has 0 bridgehead atoms. The lowest BCUT2D eigenvalue weighted by atomic mass is 9.96. The molecule has 26 heavy (non-hydrogen) atoms. The van der Waals surface area contributed by atoms with Crippen molar-refractivity contribution >= 4 is 5.97 Å². The van der Waals surface area contributed by atoms with Crippen LogP contribution < -0.4 is 0 Å². The van der Waals surface area contributed by atoms with Crippen LogP contribution in [0.1, 0.15) is 45.8 Å². The molecule has 2 aromatic heterocycles. The van der Waals surface area contributed by atoms with Crippen LogP contribution in [0.3, 0.4) is 0 Å². The van der Waals surface area contributed by atoms with Crippen LogP contribution in [0, 0.1) is 5.82 Å². The summed E-state index contributed by atoms with van der Waals surface area (Å²) in [6.45, 7) is 0. The fourth-order valence-electron chi connectivity index (χ4n) is 3.11. The molecular formula is C21H17FN2O2. The van der Waals surface area contributed by atoms with Crippen molar-refractivity contribution in [3.05, 3.63) is 83.1 Å². The summed E-state index contributed by atoms with van der Waals surface area (Å²) in [6, 6.07) is 10.9. The highest BCUT2D eigenvalue weighted by Gasteiger charge is 2.25. The number of hydrogen-bond acceptors (Lipinski definition) is 3. The highest BCUT2D eigenvalue weighted by molar-refractivity contribution is 5.89. The second-order valence-electron chi connectivity index (χ2n) is 6.58. The number of hydrogen-bond donors (Lipinski definition) is 1. The predicted octanol–water partition coefficient (Wildman–Crippen LogP) is 4.45. The molecule has 4 nitrogen and oxygen atoms in total. The number of aromatic nitrogens is 2. The van der Waals surface area contributed by atoms with Gasteiger partial charge in [0.1, 0.15) is 0 Å². The second kappa shape index (κ2) is 6.67. The minimum absolute atomic E-state index is 0.346. The van der Waals surface area contributed by atoms with Crippen molar-refractivity contribution in [2.75, 3.05) is 0 Å². The van der Waals surface area contributed by atoms with Crippen LogP contribution in [0.25, 0.3) is 11.3 Å². The van der Waals surface area contributed by atoms with Crippen LogP contribution in [-0.2, 0) is 6.42 Å². The molecule has 0 saturated heterocycles. The lowest BCUT2D eigenvalue weighted by Gasteiger charge is -2.09. The van der Waals surface area contributed by atoms with Gasteiger partial charge in [0.15, 0.2) is 5.82 Å². The SMILES string of the molecule is O=C(O)c1cc(C2CC2)ccc1Cc1ccc(-c2ccncc2F)nc1. The van der Waals surface area contributed by atoms with E-state index >= 15 is 0 Å². The highest BCUT2D eigenvalue weighted by atomic mass is 19.1. The fraction of sp³-hybridized carbons (Fsp3) is 0.190. The first-order chi connectivity index (χ1) is 12.6. The summed E-state index contributed by atoms with van der Waals surface area (Å²) >= 11 is 0. The van der Waals surface area contributed by atoms with Crippen molar-refractivity contribution in [2.24, 2.45) is 0 Å². The van der Waals surface area contributed by atoms with Gasteiger partial charge in [0.25, 0.3) is 0 Å². The van der Waals surface area contributed by atoms with Gasteiger partial charge in [-0.3, -0.25) is 9.97 Å². The van der Waals surface area contributed by atoms with E-state index in [1.165, 1.54) is 6.20 Å². The molecule has 1 saturated carbocycles. The van der Waals surface area contributed by atoms with Gasteiger partial charge in [0.05, 0.1) is 17.5 Å². The van der Waals surface area contributed by atoms with Gasteiger partial charge in [-0.1, -0.05) is 18.2 Å². The number of carboxylic acids is 1. The highest BCUT2D eigenvalue weighted by Crippen LogP contribution is 2.40. The Balaban J connectivity index is 1.59. The molecule has 5 heteroatoms. The summed E-state index contributed by atoms with van der Waals surface area (Å²) in [5, 5.41) is 9.53. The largest absolute Gasteiger partial charge is 0.478 e. The zero-order chi connectivity index (χ0) is 18.1. The van der Waals surface area contributed by atoms with E-state index in [1.54, 1.807) is 24.4 Å². The summed E-state index contributed by atoms with van der Waals surface area (Å²) in [7, 11) is 0. The summed E-state index contributed by atoms with van der Waals surface area (Å²) < 4.78 is 13.8. The number of aromatic carboxylic acids is 1. The van der Waals surface area contributed by atoms with Crippen LogP contribution in [0.5, 0.6) is 0 Å². The molecule has 0 aliphatic heterocycles. The minimum Gasteiger partial charge on any atom is -0.478 e. The topological polar surface area (TPSA) is 63.1 Å². The maximum absolute atomic E-state index is 13.8. The van der Waals surface area contributed by atoms with Gasteiger partial charge in [-0.2, -0.15) is 0 Å². The van der Waals surface area contributed by atoms with Crippen LogP contribution in [0.4, 0.5) is 4.39 Å².